The van der Waals surface area contributed by atoms with Crippen LogP contribution in [-0.2, 0) is 6.18 Å². The van der Waals surface area contributed by atoms with Gasteiger partial charge >= 0.3 is 6.18 Å². The fraction of sp³-hybridized carbons (Fsp3) is 0.200. The van der Waals surface area contributed by atoms with Crippen LogP contribution in [-0.4, -0.2) is 11.7 Å². The number of nitrogens with two attached hydrogens (primary N) is 1. The topological polar surface area (TPSA) is 60.2 Å². The molecule has 0 spiro atoms. The summed E-state index contributed by atoms with van der Waals surface area (Å²) in [6.45, 7) is 0.955. The quantitative estimate of drug-likeness (QED) is 0.791. The molecule has 86 valence electrons. The maximum Gasteiger partial charge on any atom is 0.417 e. The van der Waals surface area contributed by atoms with Crippen LogP contribution in [0, 0.1) is 0 Å². The van der Waals surface area contributed by atoms with Crippen LogP contribution in [0.15, 0.2) is 18.2 Å². The molecule has 0 heterocycles. The summed E-state index contributed by atoms with van der Waals surface area (Å²) in [5.74, 6) is -1.90. The number of halogens is 3. The van der Waals surface area contributed by atoms with Gasteiger partial charge in [-0.1, -0.05) is 6.07 Å². The number of primary amides is 1. The van der Waals surface area contributed by atoms with E-state index in [1.165, 1.54) is 0 Å². The predicted octanol–water partition coefficient (Wildman–Crippen LogP) is 2.01. The first-order valence-electron chi connectivity index (χ1n) is 4.26. The minimum Gasteiger partial charge on any atom is -0.366 e. The first kappa shape index (κ1) is 12.2. The molecule has 0 fully saturated rings. The van der Waals surface area contributed by atoms with Gasteiger partial charge in [0, 0.05) is 5.56 Å². The van der Waals surface area contributed by atoms with E-state index < -0.39 is 34.6 Å². The minimum atomic E-state index is -4.69. The van der Waals surface area contributed by atoms with Gasteiger partial charge in [-0.3, -0.25) is 9.59 Å². The maximum absolute atomic E-state index is 12.5. The first-order valence-corrected chi connectivity index (χ1v) is 4.26. The highest BCUT2D eigenvalue weighted by Crippen LogP contribution is 2.33. The number of Topliss-reactive ketones (excluding diaryl/α,β-unsaturated/α-hetero) is 1. The molecule has 0 aliphatic rings. The van der Waals surface area contributed by atoms with Crippen molar-refractivity contribution < 1.29 is 22.8 Å². The van der Waals surface area contributed by atoms with Crippen LogP contribution in [0.4, 0.5) is 13.2 Å². The molecule has 1 aromatic rings. The summed E-state index contributed by atoms with van der Waals surface area (Å²) >= 11 is 0. The summed E-state index contributed by atoms with van der Waals surface area (Å²) in [7, 11) is 0. The van der Waals surface area contributed by atoms with Crippen molar-refractivity contribution in [2.45, 2.75) is 13.1 Å². The molecule has 3 nitrogen and oxygen atoms in total. The van der Waals surface area contributed by atoms with Crippen molar-refractivity contribution in [3.63, 3.8) is 0 Å². The Hall–Kier alpha value is -1.85. The maximum atomic E-state index is 12.5. The highest BCUT2D eigenvalue weighted by molar-refractivity contribution is 6.07. The molecular formula is C10H8F3NO2. The lowest BCUT2D eigenvalue weighted by atomic mass is 9.97. The third-order valence-corrected chi connectivity index (χ3v) is 1.99. The molecule has 0 atom stereocenters. The van der Waals surface area contributed by atoms with E-state index in [1.807, 2.05) is 0 Å². The smallest absolute Gasteiger partial charge is 0.366 e. The Morgan fingerprint density at radius 3 is 2.19 bits per heavy atom. The van der Waals surface area contributed by atoms with E-state index in [4.69, 9.17) is 5.73 Å². The van der Waals surface area contributed by atoms with Crippen molar-refractivity contribution in [1.29, 1.82) is 0 Å². The zero-order valence-corrected chi connectivity index (χ0v) is 8.26. The number of carbonyl (C=O) groups is 2. The molecule has 1 rings (SSSR count). The van der Waals surface area contributed by atoms with E-state index in [0.717, 1.165) is 25.1 Å². The normalized spacial score (nSPS) is 11.2. The largest absolute Gasteiger partial charge is 0.417 e. The Morgan fingerprint density at radius 1 is 1.25 bits per heavy atom. The van der Waals surface area contributed by atoms with Crippen LogP contribution < -0.4 is 5.73 Å². The Bertz CT molecular complexity index is 452. The number of benzene rings is 1. The summed E-state index contributed by atoms with van der Waals surface area (Å²) < 4.78 is 37.6. The Kier molecular flexibility index (Phi) is 3.02. The first-order chi connectivity index (χ1) is 7.25. The summed E-state index contributed by atoms with van der Waals surface area (Å²) in [5.41, 5.74) is 2.67. The molecule has 0 saturated heterocycles. The lowest BCUT2D eigenvalue weighted by Crippen LogP contribution is -2.20. The zero-order valence-electron chi connectivity index (χ0n) is 8.26. The van der Waals surface area contributed by atoms with Gasteiger partial charge in [-0.25, -0.2) is 0 Å². The minimum absolute atomic E-state index is 0.415. The van der Waals surface area contributed by atoms with Crippen molar-refractivity contribution in [3.05, 3.63) is 34.9 Å². The molecule has 0 aromatic heterocycles. The molecular weight excluding hydrogens is 223 g/mol. The van der Waals surface area contributed by atoms with E-state index >= 15 is 0 Å². The number of rotatable bonds is 2. The van der Waals surface area contributed by atoms with Crippen molar-refractivity contribution in [3.8, 4) is 0 Å². The molecule has 1 amide bonds. The van der Waals surface area contributed by atoms with Crippen LogP contribution in [0.2, 0.25) is 0 Å². The Morgan fingerprint density at radius 2 is 1.81 bits per heavy atom. The van der Waals surface area contributed by atoms with Crippen molar-refractivity contribution in [1.82, 2.24) is 0 Å². The third kappa shape index (κ3) is 2.21. The summed E-state index contributed by atoms with van der Waals surface area (Å²) in [6, 6.07) is 2.87. The lowest BCUT2D eigenvalue weighted by Gasteiger charge is -2.13. The van der Waals surface area contributed by atoms with Crippen molar-refractivity contribution >= 4 is 11.7 Å². The van der Waals surface area contributed by atoms with E-state index in [2.05, 4.69) is 0 Å². The molecule has 0 saturated carbocycles. The van der Waals surface area contributed by atoms with Crippen molar-refractivity contribution in [2.75, 3.05) is 0 Å². The molecule has 0 radical (unpaired) electrons. The number of hydrogen-bond acceptors (Lipinski definition) is 2. The van der Waals surface area contributed by atoms with Crippen LogP contribution in [0.3, 0.4) is 0 Å². The van der Waals surface area contributed by atoms with Gasteiger partial charge in [0.25, 0.3) is 0 Å². The van der Waals surface area contributed by atoms with Crippen molar-refractivity contribution in [2.24, 2.45) is 5.73 Å². The molecule has 0 aliphatic heterocycles. The second kappa shape index (κ2) is 3.96. The Balaban J connectivity index is 3.58. The van der Waals surface area contributed by atoms with Gasteiger partial charge in [0.15, 0.2) is 5.78 Å². The Labute approximate surface area is 89.1 Å². The average molecular weight is 231 g/mol. The fourth-order valence-corrected chi connectivity index (χ4v) is 1.37. The summed E-state index contributed by atoms with van der Waals surface area (Å²) in [4.78, 5) is 22.0. The SMILES string of the molecule is CC(=O)c1c(C(N)=O)cccc1C(F)(F)F. The summed E-state index contributed by atoms with van der Waals surface area (Å²) in [5, 5.41) is 0. The van der Waals surface area contributed by atoms with Gasteiger partial charge in [-0.05, 0) is 19.1 Å². The van der Waals surface area contributed by atoms with Crippen LogP contribution in [0.5, 0.6) is 0 Å². The molecule has 2 N–H and O–H groups in total. The molecule has 0 aliphatic carbocycles. The van der Waals surface area contributed by atoms with E-state index in [0.29, 0.717) is 0 Å². The number of carbonyl (C=O) groups excluding carboxylic acids is 2. The van der Waals surface area contributed by atoms with E-state index in [9.17, 15) is 22.8 Å². The van der Waals surface area contributed by atoms with Gasteiger partial charge < -0.3 is 5.73 Å². The molecule has 0 bridgehead atoms. The second-order valence-corrected chi connectivity index (χ2v) is 3.15. The number of ketones is 1. The highest BCUT2D eigenvalue weighted by Gasteiger charge is 2.36. The third-order valence-electron chi connectivity index (χ3n) is 1.99. The lowest BCUT2D eigenvalue weighted by molar-refractivity contribution is -0.137. The standard InChI is InChI=1S/C10H8F3NO2/c1-5(15)8-6(9(14)16)3-2-4-7(8)10(11,12)13/h2-4H,1H3,(H2,14,16). The van der Waals surface area contributed by atoms with Gasteiger partial charge in [0.05, 0.1) is 11.1 Å². The average Bonchev–Trinajstić information content (AvgIpc) is 2.14. The fourth-order valence-electron chi connectivity index (χ4n) is 1.37. The van der Waals surface area contributed by atoms with Crippen LogP contribution >= 0.6 is 0 Å². The van der Waals surface area contributed by atoms with Gasteiger partial charge in [-0.2, -0.15) is 13.2 Å². The van der Waals surface area contributed by atoms with Gasteiger partial charge in [0.2, 0.25) is 5.91 Å². The molecule has 6 heteroatoms. The highest BCUT2D eigenvalue weighted by atomic mass is 19.4. The van der Waals surface area contributed by atoms with Crippen LogP contribution in [0.1, 0.15) is 33.2 Å². The molecule has 0 unspecified atom stereocenters. The monoisotopic (exact) mass is 231 g/mol. The summed E-state index contributed by atoms with van der Waals surface area (Å²) in [6.07, 6.45) is -4.69. The second-order valence-electron chi connectivity index (χ2n) is 3.15. The van der Waals surface area contributed by atoms with E-state index in [1.54, 1.807) is 0 Å². The number of hydrogen-bond donors (Lipinski definition) is 1. The molecule has 1 aromatic carbocycles. The van der Waals surface area contributed by atoms with E-state index in [-0.39, 0.29) is 0 Å². The molecule has 16 heavy (non-hydrogen) atoms. The van der Waals surface area contributed by atoms with Gasteiger partial charge in [0.1, 0.15) is 0 Å². The number of amides is 1. The zero-order chi connectivity index (χ0) is 12.5. The van der Waals surface area contributed by atoms with Gasteiger partial charge in [-0.15, -0.1) is 0 Å². The predicted molar refractivity (Wildman–Crippen MR) is 50.0 cm³/mol. The number of alkyl halides is 3. The van der Waals surface area contributed by atoms with Crippen LogP contribution in [0.25, 0.3) is 0 Å².